The van der Waals surface area contributed by atoms with Gasteiger partial charge in [0, 0.05) is 30.1 Å². The number of nitrogens with zero attached hydrogens (tertiary/aromatic N) is 1. The van der Waals surface area contributed by atoms with Crippen molar-refractivity contribution in [2.24, 2.45) is 5.92 Å². The molecule has 0 spiro atoms. The molecule has 0 radical (unpaired) electrons. The van der Waals surface area contributed by atoms with Gasteiger partial charge >= 0.3 is 12.0 Å². The van der Waals surface area contributed by atoms with Crippen LogP contribution < -0.4 is 5.32 Å². The van der Waals surface area contributed by atoms with Crippen LogP contribution in [0.3, 0.4) is 0 Å². The lowest BCUT2D eigenvalue weighted by Gasteiger charge is -2.30. The second-order valence-corrected chi connectivity index (χ2v) is 6.98. The van der Waals surface area contributed by atoms with Crippen molar-refractivity contribution < 1.29 is 14.7 Å². The lowest BCUT2D eigenvalue weighted by molar-refractivity contribution is -0.143. The number of amides is 2. The van der Waals surface area contributed by atoms with Crippen molar-refractivity contribution in [3.63, 3.8) is 0 Å². The Morgan fingerprint density at radius 3 is 2.35 bits per heavy atom. The third-order valence-corrected chi connectivity index (χ3v) is 5.27. The van der Waals surface area contributed by atoms with E-state index in [1.807, 2.05) is 24.3 Å². The number of aliphatic carboxylic acids is 1. The number of benzene rings is 1. The fraction of sp³-hybridized carbons (Fsp3) is 0.529. The van der Waals surface area contributed by atoms with Gasteiger partial charge in [-0.3, -0.25) is 4.79 Å². The topological polar surface area (TPSA) is 69.6 Å². The number of hydrogen-bond donors (Lipinski definition) is 2. The number of carbonyl (C=O) groups is 2. The van der Waals surface area contributed by atoms with Gasteiger partial charge in [0.05, 0.1) is 5.92 Å². The van der Waals surface area contributed by atoms with Crippen LogP contribution in [-0.2, 0) is 10.2 Å². The zero-order chi connectivity index (χ0) is 16.4. The summed E-state index contributed by atoms with van der Waals surface area (Å²) >= 11 is 5.93. The number of piperidine rings is 1. The maximum atomic E-state index is 12.3. The van der Waals surface area contributed by atoms with E-state index in [1.54, 1.807) is 4.90 Å². The Hall–Kier alpha value is -1.75. The summed E-state index contributed by atoms with van der Waals surface area (Å²) in [7, 11) is 0. The molecule has 2 amide bonds. The minimum absolute atomic E-state index is 0.0413. The van der Waals surface area contributed by atoms with Crippen LogP contribution in [0.2, 0.25) is 5.02 Å². The molecule has 5 nitrogen and oxygen atoms in total. The maximum absolute atomic E-state index is 12.3. The molecule has 0 aromatic heterocycles. The smallest absolute Gasteiger partial charge is 0.317 e. The molecule has 23 heavy (non-hydrogen) atoms. The van der Waals surface area contributed by atoms with E-state index in [-0.39, 0.29) is 17.4 Å². The van der Waals surface area contributed by atoms with Gasteiger partial charge in [-0.15, -0.1) is 0 Å². The van der Waals surface area contributed by atoms with Gasteiger partial charge in [-0.2, -0.15) is 0 Å². The van der Waals surface area contributed by atoms with E-state index < -0.39 is 5.97 Å². The molecule has 0 atom stereocenters. The Labute approximate surface area is 140 Å². The van der Waals surface area contributed by atoms with E-state index in [4.69, 9.17) is 16.7 Å². The Morgan fingerprint density at radius 1 is 1.22 bits per heavy atom. The van der Waals surface area contributed by atoms with Crippen molar-refractivity contribution >= 4 is 23.6 Å². The van der Waals surface area contributed by atoms with Crippen LogP contribution in [0.4, 0.5) is 4.79 Å². The van der Waals surface area contributed by atoms with Crippen LogP contribution >= 0.6 is 11.6 Å². The molecule has 2 aliphatic rings. The first-order valence-electron chi connectivity index (χ1n) is 8.02. The fourth-order valence-electron chi connectivity index (χ4n) is 3.21. The van der Waals surface area contributed by atoms with E-state index in [2.05, 4.69) is 5.32 Å². The summed E-state index contributed by atoms with van der Waals surface area (Å²) in [6.07, 6.45) is 3.20. The molecule has 1 saturated carbocycles. The van der Waals surface area contributed by atoms with Crippen molar-refractivity contribution in [3.8, 4) is 0 Å². The van der Waals surface area contributed by atoms with E-state index in [9.17, 15) is 9.59 Å². The average Bonchev–Trinajstić information content (AvgIpc) is 3.34. The van der Waals surface area contributed by atoms with E-state index in [0.29, 0.717) is 32.5 Å². The molecule has 0 bridgehead atoms. The zero-order valence-electron chi connectivity index (χ0n) is 12.9. The van der Waals surface area contributed by atoms with Gasteiger partial charge in [0.1, 0.15) is 0 Å². The van der Waals surface area contributed by atoms with Crippen molar-refractivity contribution in [1.82, 2.24) is 10.2 Å². The molecule has 2 N–H and O–H groups in total. The predicted octanol–water partition coefficient (Wildman–Crippen LogP) is 2.88. The zero-order valence-corrected chi connectivity index (χ0v) is 13.7. The summed E-state index contributed by atoms with van der Waals surface area (Å²) in [6.45, 7) is 1.64. The monoisotopic (exact) mass is 336 g/mol. The van der Waals surface area contributed by atoms with Crippen LogP contribution in [0.25, 0.3) is 0 Å². The molecule has 0 unspecified atom stereocenters. The number of urea groups is 1. The number of halogens is 1. The lowest BCUT2D eigenvalue weighted by Crippen LogP contribution is -2.47. The molecule has 1 aliphatic carbocycles. The summed E-state index contributed by atoms with van der Waals surface area (Å²) in [5.41, 5.74) is 1.26. The van der Waals surface area contributed by atoms with Crippen LogP contribution in [0.1, 0.15) is 31.2 Å². The van der Waals surface area contributed by atoms with Gasteiger partial charge in [0.2, 0.25) is 0 Å². The van der Waals surface area contributed by atoms with Gasteiger partial charge in [-0.1, -0.05) is 23.7 Å². The second-order valence-electron chi connectivity index (χ2n) is 6.55. The van der Waals surface area contributed by atoms with Gasteiger partial charge in [0.15, 0.2) is 0 Å². The summed E-state index contributed by atoms with van der Waals surface area (Å²) in [4.78, 5) is 24.9. The molecule has 124 valence electrons. The number of carboxylic acid groups (broad SMARTS) is 1. The number of carboxylic acids is 1. The van der Waals surface area contributed by atoms with Crippen molar-refractivity contribution in [1.29, 1.82) is 0 Å². The Balaban J connectivity index is 1.51. The molecule has 1 heterocycles. The van der Waals surface area contributed by atoms with Gasteiger partial charge in [-0.05, 0) is 43.4 Å². The maximum Gasteiger partial charge on any atom is 0.317 e. The first-order valence-corrected chi connectivity index (χ1v) is 8.40. The lowest BCUT2D eigenvalue weighted by atomic mass is 9.96. The van der Waals surface area contributed by atoms with Crippen LogP contribution in [0.15, 0.2) is 24.3 Å². The highest BCUT2D eigenvalue weighted by molar-refractivity contribution is 6.30. The third-order valence-electron chi connectivity index (χ3n) is 5.02. The molecular weight excluding hydrogens is 316 g/mol. The highest BCUT2D eigenvalue weighted by Crippen LogP contribution is 2.47. The van der Waals surface area contributed by atoms with Crippen LogP contribution in [-0.4, -0.2) is 41.6 Å². The highest BCUT2D eigenvalue weighted by Gasteiger charge is 2.44. The summed E-state index contributed by atoms with van der Waals surface area (Å²) in [6, 6.07) is 7.74. The molecule has 2 fully saturated rings. The first kappa shape index (κ1) is 16.1. The molecular formula is C17H21ClN2O3. The van der Waals surface area contributed by atoms with E-state index in [0.717, 1.165) is 17.9 Å². The van der Waals surface area contributed by atoms with Gasteiger partial charge in [0.25, 0.3) is 0 Å². The predicted molar refractivity (Wildman–Crippen MR) is 87.7 cm³/mol. The minimum Gasteiger partial charge on any atom is -0.481 e. The molecule has 1 aliphatic heterocycles. The minimum atomic E-state index is -0.760. The van der Waals surface area contributed by atoms with E-state index in [1.165, 1.54) is 5.56 Å². The standard InChI is InChI=1S/C17H21ClN2O3/c18-14-3-1-13(2-4-14)17(7-8-17)11-19-16(23)20-9-5-12(6-10-20)15(21)22/h1-4,12H,5-11H2,(H,19,23)(H,21,22). The number of carbonyl (C=O) groups excluding carboxylic acids is 1. The second kappa shape index (κ2) is 6.40. The molecule has 1 aromatic rings. The quantitative estimate of drug-likeness (QED) is 0.888. The number of rotatable bonds is 4. The Bertz CT molecular complexity index is 590. The summed E-state index contributed by atoms with van der Waals surface area (Å²) in [5, 5.41) is 12.7. The molecule has 1 saturated heterocycles. The summed E-state index contributed by atoms with van der Waals surface area (Å²) < 4.78 is 0. The first-order chi connectivity index (χ1) is 11.0. The Morgan fingerprint density at radius 2 is 1.83 bits per heavy atom. The third kappa shape index (κ3) is 3.61. The molecule has 3 rings (SSSR count). The van der Waals surface area contributed by atoms with Gasteiger partial charge < -0.3 is 15.3 Å². The van der Waals surface area contributed by atoms with Crippen molar-refractivity contribution in [3.05, 3.63) is 34.9 Å². The summed E-state index contributed by atoms with van der Waals surface area (Å²) in [5.74, 6) is -1.08. The fourth-order valence-corrected chi connectivity index (χ4v) is 3.33. The van der Waals surface area contributed by atoms with Crippen LogP contribution in [0, 0.1) is 5.92 Å². The highest BCUT2D eigenvalue weighted by atomic mass is 35.5. The number of hydrogen-bond acceptors (Lipinski definition) is 2. The SMILES string of the molecule is O=C(O)C1CCN(C(=O)NCC2(c3ccc(Cl)cc3)CC2)CC1. The van der Waals surface area contributed by atoms with Crippen molar-refractivity contribution in [2.45, 2.75) is 31.1 Å². The average molecular weight is 337 g/mol. The van der Waals surface area contributed by atoms with E-state index >= 15 is 0 Å². The van der Waals surface area contributed by atoms with Gasteiger partial charge in [-0.25, -0.2) is 4.79 Å². The molecule has 6 heteroatoms. The Kier molecular flexibility index (Phi) is 4.48. The molecule has 1 aromatic carbocycles. The number of likely N-dealkylation sites (tertiary alicyclic amines) is 1. The normalized spacial score (nSPS) is 20.1. The number of nitrogens with one attached hydrogen (secondary N) is 1. The van der Waals surface area contributed by atoms with Crippen LogP contribution in [0.5, 0.6) is 0 Å². The largest absolute Gasteiger partial charge is 0.481 e. The van der Waals surface area contributed by atoms with Crippen molar-refractivity contribution in [2.75, 3.05) is 19.6 Å².